The van der Waals surface area contributed by atoms with E-state index in [1.165, 1.54) is 21.6 Å². The molecule has 0 aliphatic carbocycles. The number of rotatable bonds is 3. The molecule has 0 atom stereocenters. The fourth-order valence-corrected chi connectivity index (χ4v) is 2.76. The third kappa shape index (κ3) is 2.50. The van der Waals surface area contributed by atoms with E-state index in [0.717, 1.165) is 17.4 Å². The highest BCUT2D eigenvalue weighted by Crippen LogP contribution is 2.32. The summed E-state index contributed by atoms with van der Waals surface area (Å²) in [5.74, 6) is 0. The molecule has 2 aromatic rings. The highest BCUT2D eigenvalue weighted by molar-refractivity contribution is 7.16. The van der Waals surface area contributed by atoms with Crippen LogP contribution in [0, 0.1) is 20.8 Å². The lowest BCUT2D eigenvalue weighted by Crippen LogP contribution is -1.95. The standard InChI is InChI=1S/C14H18N2S/c1-5-15-14-16-13(11(4)17-14)12-8-9(2)6-7-10(12)3/h6-8H,5H2,1-4H3,(H,15,16). The van der Waals surface area contributed by atoms with Gasteiger partial charge in [0.15, 0.2) is 5.13 Å². The molecule has 0 aliphatic heterocycles. The van der Waals surface area contributed by atoms with E-state index < -0.39 is 0 Å². The summed E-state index contributed by atoms with van der Waals surface area (Å²) in [6.45, 7) is 9.40. The molecule has 0 amide bonds. The van der Waals surface area contributed by atoms with Gasteiger partial charge in [-0.2, -0.15) is 0 Å². The number of aromatic nitrogens is 1. The molecule has 1 aromatic carbocycles. The summed E-state index contributed by atoms with van der Waals surface area (Å²) in [6.07, 6.45) is 0. The minimum Gasteiger partial charge on any atom is -0.362 e. The second-order valence-electron chi connectivity index (χ2n) is 4.27. The number of nitrogens with zero attached hydrogens (tertiary/aromatic N) is 1. The van der Waals surface area contributed by atoms with Gasteiger partial charge in [-0.3, -0.25) is 0 Å². The maximum absolute atomic E-state index is 4.68. The van der Waals surface area contributed by atoms with Crippen LogP contribution in [0.5, 0.6) is 0 Å². The maximum Gasteiger partial charge on any atom is 0.183 e. The molecular formula is C14H18N2S. The lowest BCUT2D eigenvalue weighted by molar-refractivity contribution is 1.19. The van der Waals surface area contributed by atoms with Crippen LogP contribution in [0.25, 0.3) is 11.3 Å². The molecule has 0 saturated heterocycles. The Kier molecular flexibility index (Phi) is 3.48. The van der Waals surface area contributed by atoms with Crippen LogP contribution in [0.15, 0.2) is 18.2 Å². The first-order valence-corrected chi connectivity index (χ1v) is 6.72. The molecular weight excluding hydrogens is 228 g/mol. The molecule has 1 N–H and O–H groups in total. The van der Waals surface area contributed by atoms with Crippen molar-refractivity contribution in [3.8, 4) is 11.3 Å². The van der Waals surface area contributed by atoms with Gasteiger partial charge in [0.05, 0.1) is 5.69 Å². The molecule has 0 saturated carbocycles. The Balaban J connectivity index is 2.48. The average Bonchev–Trinajstić information content (AvgIpc) is 2.64. The Morgan fingerprint density at radius 2 is 2.00 bits per heavy atom. The first-order valence-electron chi connectivity index (χ1n) is 5.90. The zero-order valence-electron chi connectivity index (χ0n) is 10.8. The number of nitrogens with one attached hydrogen (secondary N) is 1. The van der Waals surface area contributed by atoms with Crippen LogP contribution >= 0.6 is 11.3 Å². The zero-order chi connectivity index (χ0) is 12.4. The Labute approximate surface area is 107 Å². The molecule has 1 aromatic heterocycles. The number of benzene rings is 1. The van der Waals surface area contributed by atoms with Gasteiger partial charge in [0.25, 0.3) is 0 Å². The van der Waals surface area contributed by atoms with Gasteiger partial charge in [-0.15, -0.1) is 11.3 Å². The van der Waals surface area contributed by atoms with Crippen molar-refractivity contribution in [2.45, 2.75) is 27.7 Å². The van der Waals surface area contributed by atoms with Gasteiger partial charge in [0.1, 0.15) is 0 Å². The van der Waals surface area contributed by atoms with E-state index >= 15 is 0 Å². The monoisotopic (exact) mass is 246 g/mol. The van der Waals surface area contributed by atoms with Crippen LogP contribution in [0.2, 0.25) is 0 Å². The molecule has 0 spiro atoms. The fourth-order valence-electron chi connectivity index (χ4n) is 1.86. The van der Waals surface area contributed by atoms with E-state index in [9.17, 15) is 0 Å². The predicted octanol–water partition coefficient (Wildman–Crippen LogP) is 4.17. The molecule has 3 heteroatoms. The van der Waals surface area contributed by atoms with Crippen molar-refractivity contribution in [1.29, 1.82) is 0 Å². The molecule has 17 heavy (non-hydrogen) atoms. The normalized spacial score (nSPS) is 10.6. The van der Waals surface area contributed by atoms with Crippen LogP contribution in [0.3, 0.4) is 0 Å². The third-order valence-electron chi connectivity index (χ3n) is 2.77. The summed E-state index contributed by atoms with van der Waals surface area (Å²) in [6, 6.07) is 6.52. The Hall–Kier alpha value is -1.35. The van der Waals surface area contributed by atoms with E-state index in [4.69, 9.17) is 0 Å². The largest absolute Gasteiger partial charge is 0.362 e. The quantitative estimate of drug-likeness (QED) is 0.879. The van der Waals surface area contributed by atoms with E-state index in [-0.39, 0.29) is 0 Å². The van der Waals surface area contributed by atoms with Crippen LogP contribution in [0.1, 0.15) is 22.9 Å². The van der Waals surface area contributed by atoms with Crippen LogP contribution < -0.4 is 5.32 Å². The molecule has 2 rings (SSSR count). The fraction of sp³-hybridized carbons (Fsp3) is 0.357. The summed E-state index contributed by atoms with van der Waals surface area (Å²) in [5, 5.41) is 4.29. The molecule has 0 unspecified atom stereocenters. The Morgan fingerprint density at radius 1 is 1.24 bits per heavy atom. The van der Waals surface area contributed by atoms with Crippen molar-refractivity contribution >= 4 is 16.5 Å². The number of anilines is 1. The van der Waals surface area contributed by atoms with Crippen molar-refractivity contribution in [3.05, 3.63) is 34.2 Å². The van der Waals surface area contributed by atoms with Crippen molar-refractivity contribution in [3.63, 3.8) is 0 Å². The smallest absolute Gasteiger partial charge is 0.183 e. The van der Waals surface area contributed by atoms with Gasteiger partial charge < -0.3 is 5.32 Å². The zero-order valence-corrected chi connectivity index (χ0v) is 11.6. The lowest BCUT2D eigenvalue weighted by Gasteiger charge is -2.05. The molecule has 1 heterocycles. The summed E-state index contributed by atoms with van der Waals surface area (Å²) in [4.78, 5) is 5.95. The predicted molar refractivity (Wildman–Crippen MR) is 75.9 cm³/mol. The highest BCUT2D eigenvalue weighted by Gasteiger charge is 2.11. The molecule has 2 nitrogen and oxygen atoms in total. The summed E-state index contributed by atoms with van der Waals surface area (Å²) in [7, 11) is 0. The van der Waals surface area contributed by atoms with Gasteiger partial charge >= 0.3 is 0 Å². The molecule has 0 aliphatic rings. The van der Waals surface area contributed by atoms with Gasteiger partial charge in [-0.05, 0) is 39.3 Å². The number of hydrogen-bond acceptors (Lipinski definition) is 3. The molecule has 0 bridgehead atoms. The molecule has 90 valence electrons. The second-order valence-corrected chi connectivity index (χ2v) is 5.48. The number of hydrogen-bond donors (Lipinski definition) is 1. The number of aryl methyl sites for hydroxylation is 3. The van der Waals surface area contributed by atoms with Gasteiger partial charge in [-0.25, -0.2) is 4.98 Å². The van der Waals surface area contributed by atoms with Gasteiger partial charge in [-0.1, -0.05) is 17.7 Å². The SMILES string of the molecule is CCNc1nc(-c2cc(C)ccc2C)c(C)s1. The third-order valence-corrected chi connectivity index (χ3v) is 3.70. The van der Waals surface area contributed by atoms with Crippen molar-refractivity contribution in [2.24, 2.45) is 0 Å². The summed E-state index contributed by atoms with van der Waals surface area (Å²) < 4.78 is 0. The topological polar surface area (TPSA) is 24.9 Å². The average molecular weight is 246 g/mol. The second kappa shape index (κ2) is 4.88. The minimum atomic E-state index is 0.916. The first-order chi connectivity index (χ1) is 8.11. The Bertz CT molecular complexity index is 529. The van der Waals surface area contributed by atoms with E-state index in [1.54, 1.807) is 11.3 Å². The summed E-state index contributed by atoms with van der Waals surface area (Å²) in [5.41, 5.74) is 4.94. The van der Waals surface area contributed by atoms with Crippen LogP contribution in [-0.2, 0) is 0 Å². The Morgan fingerprint density at radius 3 is 2.71 bits per heavy atom. The van der Waals surface area contributed by atoms with Crippen molar-refractivity contribution in [2.75, 3.05) is 11.9 Å². The summed E-state index contributed by atoms with van der Waals surface area (Å²) >= 11 is 1.73. The van der Waals surface area contributed by atoms with E-state index in [2.05, 4.69) is 56.2 Å². The van der Waals surface area contributed by atoms with Crippen molar-refractivity contribution < 1.29 is 0 Å². The van der Waals surface area contributed by atoms with Crippen LogP contribution in [-0.4, -0.2) is 11.5 Å². The number of thiazole rings is 1. The van der Waals surface area contributed by atoms with Gasteiger partial charge in [0, 0.05) is 17.0 Å². The molecule has 0 fully saturated rings. The van der Waals surface area contributed by atoms with E-state index in [1.807, 2.05) is 0 Å². The van der Waals surface area contributed by atoms with Crippen molar-refractivity contribution in [1.82, 2.24) is 4.98 Å². The maximum atomic E-state index is 4.68. The minimum absolute atomic E-state index is 0.916. The highest BCUT2D eigenvalue weighted by atomic mass is 32.1. The van der Waals surface area contributed by atoms with Gasteiger partial charge in [0.2, 0.25) is 0 Å². The lowest BCUT2D eigenvalue weighted by atomic mass is 10.0. The van der Waals surface area contributed by atoms with E-state index in [0.29, 0.717) is 0 Å². The first kappa shape index (κ1) is 12.1. The molecule has 0 radical (unpaired) electrons. The van der Waals surface area contributed by atoms with Crippen LogP contribution in [0.4, 0.5) is 5.13 Å².